The zero-order valence-electron chi connectivity index (χ0n) is 19.7. The van der Waals surface area contributed by atoms with Crippen molar-refractivity contribution in [1.29, 1.82) is 0 Å². The normalized spacial score (nSPS) is 14.9. The summed E-state index contributed by atoms with van der Waals surface area (Å²) < 4.78 is 0. The Hall–Kier alpha value is -0.610. The fraction of sp³-hybridized carbons (Fsp3) is 0.704. The van der Waals surface area contributed by atoms with Crippen LogP contribution in [0.4, 0.5) is 0 Å². The summed E-state index contributed by atoms with van der Waals surface area (Å²) >= 11 is 0. The van der Waals surface area contributed by atoms with Crippen molar-refractivity contribution in [2.24, 2.45) is 0 Å². The maximum atomic E-state index is 2.46. The highest BCUT2D eigenvalue weighted by molar-refractivity contribution is 7.84. The van der Waals surface area contributed by atoms with Crippen LogP contribution >= 0.6 is 7.26 Å². The highest BCUT2D eigenvalue weighted by atomic mass is 31.2. The van der Waals surface area contributed by atoms with Gasteiger partial charge in [-0.15, -0.1) is 0 Å². The summed E-state index contributed by atoms with van der Waals surface area (Å²) in [6.45, 7) is 8.76. The van der Waals surface area contributed by atoms with E-state index in [4.69, 9.17) is 0 Å². The first-order valence-electron chi connectivity index (χ1n) is 12.2. The Morgan fingerprint density at radius 1 is 0.500 bits per heavy atom. The van der Waals surface area contributed by atoms with Gasteiger partial charge in [-0.2, -0.15) is 0 Å². The van der Waals surface area contributed by atoms with Crippen LogP contribution in [0.2, 0.25) is 0 Å². The third kappa shape index (κ3) is 16.4. The first-order chi connectivity index (χ1) is 13.7. The van der Waals surface area contributed by atoms with E-state index in [0.29, 0.717) is 0 Å². The van der Waals surface area contributed by atoms with Gasteiger partial charge in [-0.05, 0) is 59.3 Å². The lowest BCUT2D eigenvalue weighted by Crippen LogP contribution is -1.92. The molecule has 28 heavy (non-hydrogen) atoms. The maximum absolute atomic E-state index is 2.46. The number of hydrogen-bond donors (Lipinski definition) is 0. The Kier molecular flexibility index (Phi) is 20.6. The topological polar surface area (TPSA) is 0 Å². The van der Waals surface area contributed by atoms with E-state index in [9.17, 15) is 0 Å². The third-order valence-electron chi connectivity index (χ3n) is 5.34. The molecule has 1 heteroatoms. The Bertz CT molecular complexity index is 396. The van der Waals surface area contributed by atoms with E-state index in [0.717, 1.165) is 0 Å². The molecule has 0 amide bonds. The van der Waals surface area contributed by atoms with Crippen molar-refractivity contribution in [3.05, 3.63) is 47.8 Å². The highest BCUT2D eigenvalue weighted by Gasteiger charge is 2.27. The molecule has 0 saturated carbocycles. The van der Waals surface area contributed by atoms with Crippen LogP contribution in [0.25, 0.3) is 0 Å². The van der Waals surface area contributed by atoms with Gasteiger partial charge in [0, 0.05) is 0 Å². The fourth-order valence-electron chi connectivity index (χ4n) is 3.84. The molecule has 0 aliphatic carbocycles. The molecule has 0 rings (SSSR count). The molecule has 0 aromatic carbocycles. The molecule has 0 aliphatic rings. The molecular weight excluding hydrogens is 355 g/mol. The van der Waals surface area contributed by atoms with Crippen molar-refractivity contribution in [3.8, 4) is 0 Å². The van der Waals surface area contributed by atoms with Crippen LogP contribution < -0.4 is 0 Å². The van der Waals surface area contributed by atoms with E-state index in [1.807, 2.05) is 0 Å². The van der Waals surface area contributed by atoms with Gasteiger partial charge in [-0.25, -0.2) is 0 Å². The van der Waals surface area contributed by atoms with Crippen LogP contribution in [0.15, 0.2) is 47.8 Å². The summed E-state index contributed by atoms with van der Waals surface area (Å²) in [4.78, 5) is 0. The monoisotopic (exact) mass is 405 g/mol. The van der Waals surface area contributed by atoms with Gasteiger partial charge in [0.25, 0.3) is 0 Å². The van der Waals surface area contributed by atoms with E-state index >= 15 is 0 Å². The van der Waals surface area contributed by atoms with E-state index in [1.165, 1.54) is 96.1 Å². The van der Waals surface area contributed by atoms with E-state index in [2.05, 4.69) is 75.5 Å². The first kappa shape index (κ1) is 27.4. The molecule has 0 fully saturated rings. The number of rotatable bonds is 19. The lowest BCUT2D eigenvalue weighted by atomic mass is 10.1. The van der Waals surface area contributed by atoms with Gasteiger partial charge in [0.1, 0.15) is 0 Å². The molecule has 0 aromatic heterocycles. The summed E-state index contributed by atoms with van der Waals surface area (Å²) in [6, 6.07) is 0. The van der Waals surface area contributed by atoms with Gasteiger partial charge in [-0.3, -0.25) is 0 Å². The average molecular weight is 406 g/mol. The smallest absolute Gasteiger partial charge is 0.0881 e. The van der Waals surface area contributed by atoms with Crippen molar-refractivity contribution >= 4 is 7.26 Å². The average Bonchev–Trinajstić information content (AvgIpc) is 2.68. The van der Waals surface area contributed by atoms with Crippen LogP contribution in [-0.2, 0) is 0 Å². The Labute approximate surface area is 179 Å². The molecule has 0 bridgehead atoms. The minimum atomic E-state index is -1.14. The van der Waals surface area contributed by atoms with Crippen molar-refractivity contribution in [1.82, 2.24) is 0 Å². The van der Waals surface area contributed by atoms with Crippen LogP contribution in [0.1, 0.15) is 118 Å². The lowest BCUT2D eigenvalue weighted by molar-refractivity contribution is 0.607. The van der Waals surface area contributed by atoms with Crippen molar-refractivity contribution in [2.75, 3.05) is 6.16 Å². The van der Waals surface area contributed by atoms with Crippen molar-refractivity contribution in [2.45, 2.75) is 118 Å². The zero-order valence-corrected chi connectivity index (χ0v) is 20.6. The van der Waals surface area contributed by atoms with Gasteiger partial charge in [0.05, 0.1) is 30.9 Å². The van der Waals surface area contributed by atoms with Gasteiger partial charge >= 0.3 is 0 Å². The molecule has 0 atom stereocenters. The first-order valence-corrected chi connectivity index (χ1v) is 14.4. The molecule has 0 unspecified atom stereocenters. The summed E-state index contributed by atoms with van der Waals surface area (Å²) in [7, 11) is -1.14. The van der Waals surface area contributed by atoms with E-state index < -0.39 is 7.26 Å². The molecule has 0 N–H and O–H groups in total. The summed E-state index contributed by atoms with van der Waals surface area (Å²) in [5, 5.41) is 0. The van der Waals surface area contributed by atoms with Crippen LogP contribution in [0.5, 0.6) is 0 Å². The molecule has 0 radical (unpaired) electrons. The van der Waals surface area contributed by atoms with Gasteiger partial charge < -0.3 is 0 Å². The molecule has 162 valence electrons. The van der Waals surface area contributed by atoms with E-state index in [-0.39, 0.29) is 0 Å². The minimum Gasteiger partial charge on any atom is -0.0885 e. The fourth-order valence-corrected chi connectivity index (χ4v) is 7.02. The van der Waals surface area contributed by atoms with Crippen LogP contribution in [0, 0.1) is 0 Å². The lowest BCUT2D eigenvalue weighted by Gasteiger charge is -2.15. The molecular formula is C27H50P+. The number of hydrogen-bond acceptors (Lipinski definition) is 0. The quantitative estimate of drug-likeness (QED) is 0.114. The van der Waals surface area contributed by atoms with Gasteiger partial charge in [-0.1, -0.05) is 88.7 Å². The molecule has 0 aliphatic heterocycles. The SMILES string of the molecule is CC=C[P+](C=CC)(C=CC)CCCCCCCCC=CCCCCCCCC. The predicted molar refractivity (Wildman–Crippen MR) is 136 cm³/mol. The molecule has 0 heterocycles. The second kappa shape index (κ2) is 21.1. The van der Waals surface area contributed by atoms with Crippen LogP contribution in [-0.4, -0.2) is 6.16 Å². The predicted octanol–water partition coefficient (Wildman–Crippen LogP) is 10.6. The Morgan fingerprint density at radius 2 is 0.893 bits per heavy atom. The number of unbranched alkanes of at least 4 members (excludes halogenated alkanes) is 12. The van der Waals surface area contributed by atoms with Gasteiger partial charge in [0.2, 0.25) is 0 Å². The standard InChI is InChI=1S/C27H50P/c1-5-9-10-11-12-13-14-15-16-17-18-19-20-21-22-23-27-28(24-6-2,25-7-3)26-8-4/h6-8,15-16,24-26H,5,9-14,17-23,27H2,1-4H3/q+1. The number of allylic oxidation sites excluding steroid dienone is 5. The Morgan fingerprint density at radius 3 is 1.32 bits per heavy atom. The highest BCUT2D eigenvalue weighted by Crippen LogP contribution is 2.64. The van der Waals surface area contributed by atoms with Crippen molar-refractivity contribution < 1.29 is 0 Å². The van der Waals surface area contributed by atoms with Gasteiger partial charge in [0.15, 0.2) is 0 Å². The van der Waals surface area contributed by atoms with Crippen LogP contribution in [0.3, 0.4) is 0 Å². The molecule has 0 spiro atoms. The molecule has 0 aromatic rings. The zero-order chi connectivity index (χ0) is 20.8. The van der Waals surface area contributed by atoms with Crippen molar-refractivity contribution in [3.63, 3.8) is 0 Å². The maximum Gasteiger partial charge on any atom is 0.0881 e. The largest absolute Gasteiger partial charge is 0.0885 e. The minimum absolute atomic E-state index is 1.14. The molecule has 0 saturated heterocycles. The third-order valence-corrected chi connectivity index (χ3v) is 8.99. The Balaban J connectivity index is 3.64. The second-order valence-electron chi connectivity index (χ2n) is 8.10. The summed E-state index contributed by atoms with van der Waals surface area (Å²) in [5.41, 5.74) is 0. The second-order valence-corrected chi connectivity index (χ2v) is 11.4. The summed E-state index contributed by atoms with van der Waals surface area (Å²) in [5.74, 6) is 7.39. The van der Waals surface area contributed by atoms with E-state index in [1.54, 1.807) is 0 Å². The summed E-state index contributed by atoms with van der Waals surface area (Å²) in [6.07, 6.45) is 32.3. The molecule has 0 nitrogen and oxygen atoms in total.